The molecule has 0 saturated heterocycles. The second-order valence-corrected chi connectivity index (χ2v) is 5.45. The Morgan fingerprint density at radius 2 is 1.72 bits per heavy atom. The number of benzene rings is 1. The van der Waals surface area contributed by atoms with Gasteiger partial charge in [-0.05, 0) is 22.6 Å². The lowest BCUT2D eigenvalue weighted by atomic mass is 9.87. The molecule has 0 saturated carbocycles. The summed E-state index contributed by atoms with van der Waals surface area (Å²) in [7, 11) is 0. The van der Waals surface area contributed by atoms with Gasteiger partial charge in [0.1, 0.15) is 0 Å². The number of aromatic nitrogens is 3. The first kappa shape index (κ1) is 12.8. The average Bonchev–Trinajstić information content (AvgIpc) is 2.27. The van der Waals surface area contributed by atoms with Crippen LogP contribution in [0.15, 0.2) is 29.1 Å². The minimum Gasteiger partial charge on any atom is -0.280 e. The predicted octanol–water partition coefficient (Wildman–Crippen LogP) is 2.78. The van der Waals surface area contributed by atoms with Crippen molar-refractivity contribution in [3.63, 3.8) is 0 Å². The molecule has 0 aliphatic heterocycles. The van der Waals surface area contributed by atoms with E-state index in [4.69, 9.17) is 11.6 Å². The Morgan fingerprint density at radius 3 is 2.22 bits per heavy atom. The van der Waals surface area contributed by atoms with Crippen molar-refractivity contribution < 1.29 is 0 Å². The highest BCUT2D eigenvalue weighted by atomic mass is 35.5. The number of halogens is 1. The lowest BCUT2D eigenvalue weighted by Crippen LogP contribution is -2.13. The molecule has 0 atom stereocenters. The highest BCUT2D eigenvalue weighted by Crippen LogP contribution is 2.24. The Balaban J connectivity index is 2.43. The Labute approximate surface area is 110 Å². The molecule has 0 spiro atoms. The molecule has 94 valence electrons. The van der Waals surface area contributed by atoms with Crippen LogP contribution in [0.4, 0.5) is 0 Å². The summed E-state index contributed by atoms with van der Waals surface area (Å²) in [6.07, 6.45) is 0. The molecule has 1 aromatic heterocycles. The smallest absolute Gasteiger partial charge is 0.280 e. The first-order valence-electron chi connectivity index (χ1n) is 5.61. The SMILES string of the molecule is CC(C)(C)c1ccc(-c2nc(Cl)[nH]c(=O)n2)cc1. The third-order valence-corrected chi connectivity index (χ3v) is 2.81. The number of hydrogen-bond donors (Lipinski definition) is 1. The van der Waals surface area contributed by atoms with Gasteiger partial charge in [0.2, 0.25) is 5.28 Å². The van der Waals surface area contributed by atoms with Gasteiger partial charge < -0.3 is 0 Å². The van der Waals surface area contributed by atoms with Crippen molar-refractivity contribution in [2.45, 2.75) is 26.2 Å². The van der Waals surface area contributed by atoms with E-state index in [-0.39, 0.29) is 10.7 Å². The second-order valence-electron chi connectivity index (χ2n) is 5.10. The zero-order valence-corrected chi connectivity index (χ0v) is 11.2. The predicted molar refractivity (Wildman–Crippen MR) is 71.8 cm³/mol. The first-order valence-corrected chi connectivity index (χ1v) is 5.99. The molecule has 0 bridgehead atoms. The molecule has 0 radical (unpaired) electrons. The van der Waals surface area contributed by atoms with Gasteiger partial charge in [0.25, 0.3) is 0 Å². The fraction of sp³-hybridized carbons (Fsp3) is 0.308. The van der Waals surface area contributed by atoms with Gasteiger partial charge in [-0.25, -0.2) is 4.79 Å². The van der Waals surface area contributed by atoms with E-state index in [2.05, 4.69) is 35.7 Å². The summed E-state index contributed by atoms with van der Waals surface area (Å²) in [6.45, 7) is 6.42. The Kier molecular flexibility index (Phi) is 3.22. The molecule has 0 amide bonds. The molecule has 0 unspecified atom stereocenters. The molecule has 1 N–H and O–H groups in total. The van der Waals surface area contributed by atoms with Gasteiger partial charge in [0.15, 0.2) is 5.82 Å². The van der Waals surface area contributed by atoms with Crippen LogP contribution in [0.3, 0.4) is 0 Å². The van der Waals surface area contributed by atoms with E-state index in [0.29, 0.717) is 5.82 Å². The molecule has 18 heavy (non-hydrogen) atoms. The van der Waals surface area contributed by atoms with Crippen LogP contribution in [-0.4, -0.2) is 15.0 Å². The van der Waals surface area contributed by atoms with Gasteiger partial charge >= 0.3 is 5.69 Å². The lowest BCUT2D eigenvalue weighted by Gasteiger charge is -2.18. The monoisotopic (exact) mass is 263 g/mol. The number of rotatable bonds is 1. The Hall–Kier alpha value is -1.68. The zero-order valence-electron chi connectivity index (χ0n) is 10.5. The van der Waals surface area contributed by atoms with Crippen LogP contribution in [-0.2, 0) is 5.41 Å². The van der Waals surface area contributed by atoms with Gasteiger partial charge in [-0.15, -0.1) is 0 Å². The maximum Gasteiger partial charge on any atom is 0.349 e. The van der Waals surface area contributed by atoms with Crippen molar-refractivity contribution in [2.24, 2.45) is 0 Å². The van der Waals surface area contributed by atoms with Crippen LogP contribution in [0.5, 0.6) is 0 Å². The van der Waals surface area contributed by atoms with Gasteiger partial charge in [-0.2, -0.15) is 9.97 Å². The third-order valence-electron chi connectivity index (χ3n) is 2.63. The number of nitrogens with one attached hydrogen (secondary N) is 1. The summed E-state index contributed by atoms with van der Waals surface area (Å²) in [5.41, 5.74) is 1.58. The molecular weight excluding hydrogens is 250 g/mol. The first-order chi connectivity index (χ1) is 8.36. The fourth-order valence-corrected chi connectivity index (χ4v) is 1.77. The molecular formula is C13H14ClN3O. The Morgan fingerprint density at radius 1 is 1.11 bits per heavy atom. The van der Waals surface area contributed by atoms with Crippen molar-refractivity contribution in [1.29, 1.82) is 0 Å². The number of H-pyrrole nitrogens is 1. The summed E-state index contributed by atoms with van der Waals surface area (Å²) < 4.78 is 0. The zero-order chi connectivity index (χ0) is 13.3. The fourth-order valence-electron chi connectivity index (χ4n) is 1.61. The van der Waals surface area contributed by atoms with E-state index < -0.39 is 5.69 Å². The van der Waals surface area contributed by atoms with Crippen molar-refractivity contribution in [2.75, 3.05) is 0 Å². The summed E-state index contributed by atoms with van der Waals surface area (Å²) in [5, 5.41) is 0.0462. The molecule has 0 fully saturated rings. The molecule has 5 heteroatoms. The maximum atomic E-state index is 11.2. The van der Waals surface area contributed by atoms with Crippen LogP contribution >= 0.6 is 11.6 Å². The van der Waals surface area contributed by atoms with E-state index in [9.17, 15) is 4.79 Å². The average molecular weight is 264 g/mol. The molecule has 2 aromatic rings. The molecule has 4 nitrogen and oxygen atoms in total. The van der Waals surface area contributed by atoms with Crippen LogP contribution in [0.1, 0.15) is 26.3 Å². The van der Waals surface area contributed by atoms with E-state index in [1.807, 2.05) is 24.3 Å². The Bertz CT molecular complexity index is 611. The molecule has 1 aromatic carbocycles. The highest BCUT2D eigenvalue weighted by Gasteiger charge is 2.13. The topological polar surface area (TPSA) is 58.6 Å². The number of nitrogens with zero attached hydrogens (tertiary/aromatic N) is 2. The van der Waals surface area contributed by atoms with Crippen LogP contribution in [0.2, 0.25) is 5.28 Å². The van der Waals surface area contributed by atoms with Gasteiger partial charge in [-0.1, -0.05) is 45.0 Å². The van der Waals surface area contributed by atoms with Gasteiger partial charge in [-0.3, -0.25) is 4.98 Å². The standard InChI is InChI=1S/C13H14ClN3O/c1-13(2,3)9-6-4-8(5-7-9)10-15-11(14)17-12(18)16-10/h4-7H,1-3H3,(H,15,16,17,18). The van der Waals surface area contributed by atoms with E-state index in [0.717, 1.165) is 5.56 Å². The van der Waals surface area contributed by atoms with Crippen molar-refractivity contribution in [3.05, 3.63) is 45.6 Å². The molecule has 2 rings (SSSR count). The minimum absolute atomic E-state index is 0.0462. The highest BCUT2D eigenvalue weighted by molar-refractivity contribution is 6.28. The van der Waals surface area contributed by atoms with Crippen LogP contribution in [0, 0.1) is 0 Å². The summed E-state index contributed by atoms with van der Waals surface area (Å²) >= 11 is 5.70. The van der Waals surface area contributed by atoms with Crippen molar-refractivity contribution >= 4 is 11.6 Å². The lowest BCUT2D eigenvalue weighted by molar-refractivity contribution is 0.590. The summed E-state index contributed by atoms with van der Waals surface area (Å²) in [4.78, 5) is 21.3. The third kappa shape index (κ3) is 2.76. The molecule has 0 aliphatic rings. The normalized spacial score (nSPS) is 11.6. The molecule has 1 heterocycles. The van der Waals surface area contributed by atoms with Crippen LogP contribution < -0.4 is 5.69 Å². The largest absolute Gasteiger partial charge is 0.349 e. The second kappa shape index (κ2) is 4.53. The van der Waals surface area contributed by atoms with Crippen molar-refractivity contribution in [1.82, 2.24) is 15.0 Å². The van der Waals surface area contributed by atoms with E-state index >= 15 is 0 Å². The van der Waals surface area contributed by atoms with E-state index in [1.54, 1.807) is 0 Å². The summed E-state index contributed by atoms with van der Waals surface area (Å²) in [5.74, 6) is 0.337. The van der Waals surface area contributed by atoms with Crippen LogP contribution in [0.25, 0.3) is 11.4 Å². The minimum atomic E-state index is -0.495. The number of hydrogen-bond acceptors (Lipinski definition) is 3. The maximum absolute atomic E-state index is 11.2. The van der Waals surface area contributed by atoms with Gasteiger partial charge in [0, 0.05) is 5.56 Å². The molecule has 0 aliphatic carbocycles. The van der Waals surface area contributed by atoms with Crippen molar-refractivity contribution in [3.8, 4) is 11.4 Å². The summed E-state index contributed by atoms with van der Waals surface area (Å²) in [6, 6.07) is 7.80. The quantitative estimate of drug-likeness (QED) is 0.861. The van der Waals surface area contributed by atoms with Gasteiger partial charge in [0.05, 0.1) is 0 Å². The van der Waals surface area contributed by atoms with E-state index in [1.165, 1.54) is 5.56 Å². The number of aromatic amines is 1.